The molecule has 3 aromatic heterocycles. The van der Waals surface area contributed by atoms with Gasteiger partial charge < -0.3 is 33.0 Å². The third kappa shape index (κ3) is 12.6. The van der Waals surface area contributed by atoms with Crippen molar-refractivity contribution in [3.8, 4) is 39.8 Å². The van der Waals surface area contributed by atoms with Crippen molar-refractivity contribution in [2.24, 2.45) is 5.41 Å². The molecule has 16 heteroatoms. The molecular formula is C52H76N8O6Si2. The summed E-state index contributed by atoms with van der Waals surface area (Å²) in [5.41, 5.74) is 4.57. The highest BCUT2D eigenvalue weighted by molar-refractivity contribution is 6.76. The lowest BCUT2D eigenvalue weighted by atomic mass is 9.91. The third-order valence-corrected chi connectivity index (χ3v) is 15.9. The van der Waals surface area contributed by atoms with E-state index in [-0.39, 0.29) is 29.5 Å². The minimum absolute atomic E-state index is 0.101. The summed E-state index contributed by atoms with van der Waals surface area (Å²) in [6.07, 6.45) is 7.41. The molecule has 2 aromatic carbocycles. The minimum Gasteiger partial charge on any atom is -0.480 e. The maximum Gasteiger partial charge on any atom is 0.410 e. The molecule has 2 saturated heterocycles. The molecule has 5 heterocycles. The van der Waals surface area contributed by atoms with Crippen LogP contribution in [0.25, 0.3) is 44.8 Å². The Morgan fingerprint density at radius 2 is 1.21 bits per heavy atom. The van der Waals surface area contributed by atoms with Crippen LogP contribution in [-0.2, 0) is 32.5 Å². The number of likely N-dealkylation sites (tertiary alicyclic amines) is 2. The van der Waals surface area contributed by atoms with E-state index >= 15 is 0 Å². The Morgan fingerprint density at radius 3 is 1.74 bits per heavy atom. The van der Waals surface area contributed by atoms with Gasteiger partial charge in [0.15, 0.2) is 5.82 Å². The highest BCUT2D eigenvalue weighted by Gasteiger charge is 2.37. The summed E-state index contributed by atoms with van der Waals surface area (Å²) in [6.45, 7) is 29.4. The SMILES string of the molecule is COc1nc(-c2ccc(-c3cnc([C@@H]4CCCN4C(=O)CC(C)(C)C)n3COCC[Si](C)(C)C)cc2)nc2ccc(-c3cnc([C@@H]4CCCN4C(=O)OC(C)(C)C)n3COCC[Si](C)(C)C)cc12. The summed E-state index contributed by atoms with van der Waals surface area (Å²) in [5.74, 6) is 2.82. The van der Waals surface area contributed by atoms with E-state index in [1.54, 1.807) is 12.0 Å². The maximum absolute atomic E-state index is 13.6. The van der Waals surface area contributed by atoms with Gasteiger partial charge in [-0.15, -0.1) is 0 Å². The molecule has 0 saturated carbocycles. The van der Waals surface area contributed by atoms with Crippen molar-refractivity contribution in [1.29, 1.82) is 0 Å². The van der Waals surface area contributed by atoms with Crippen molar-refractivity contribution in [3.05, 3.63) is 66.5 Å². The van der Waals surface area contributed by atoms with Gasteiger partial charge in [0, 0.05) is 60.0 Å². The Balaban J connectivity index is 1.18. The molecule has 2 amide bonds. The predicted octanol–water partition coefficient (Wildman–Crippen LogP) is 11.8. The summed E-state index contributed by atoms with van der Waals surface area (Å²) >= 11 is 0. The number of methoxy groups -OCH3 is 1. The Kier molecular flexibility index (Phi) is 15.4. The van der Waals surface area contributed by atoms with E-state index in [0.717, 1.165) is 94.9 Å². The van der Waals surface area contributed by atoms with Gasteiger partial charge in [-0.3, -0.25) is 9.69 Å². The summed E-state index contributed by atoms with van der Waals surface area (Å²) in [5, 5.41) is 0.767. The van der Waals surface area contributed by atoms with Gasteiger partial charge in [-0.1, -0.05) is 90.4 Å². The van der Waals surface area contributed by atoms with Crippen molar-refractivity contribution in [2.45, 2.75) is 156 Å². The van der Waals surface area contributed by atoms with E-state index in [2.05, 4.69) is 81.3 Å². The number of nitrogens with zero attached hydrogens (tertiary/aromatic N) is 8. The molecule has 14 nitrogen and oxygen atoms in total. The highest BCUT2D eigenvalue weighted by Crippen LogP contribution is 2.39. The molecule has 2 aliphatic rings. The Bertz CT molecular complexity index is 2550. The third-order valence-electron chi connectivity index (χ3n) is 12.5. The van der Waals surface area contributed by atoms with Crippen LogP contribution >= 0.6 is 0 Å². The van der Waals surface area contributed by atoms with Crippen LogP contribution in [0, 0.1) is 5.41 Å². The first-order valence-corrected chi connectivity index (χ1v) is 31.9. The Hall–Kier alpha value is -4.91. The van der Waals surface area contributed by atoms with Crippen molar-refractivity contribution in [3.63, 3.8) is 0 Å². The molecule has 0 N–H and O–H groups in total. The van der Waals surface area contributed by atoms with Gasteiger partial charge in [-0.05, 0) is 81.7 Å². The normalized spacial score (nSPS) is 17.1. The van der Waals surface area contributed by atoms with Crippen LogP contribution in [0.2, 0.25) is 51.4 Å². The average molecular weight is 965 g/mol. The largest absolute Gasteiger partial charge is 0.480 e. The summed E-state index contributed by atoms with van der Waals surface area (Å²) in [6, 6.07) is 16.1. The van der Waals surface area contributed by atoms with E-state index in [1.807, 2.05) is 68.4 Å². The molecule has 0 aliphatic carbocycles. The fraction of sp³-hybridized carbons (Fsp3) is 0.577. The number of ether oxygens (including phenoxy) is 4. The lowest BCUT2D eigenvalue weighted by molar-refractivity contribution is -0.134. The van der Waals surface area contributed by atoms with E-state index < -0.39 is 21.7 Å². The van der Waals surface area contributed by atoms with Gasteiger partial charge in [0.2, 0.25) is 11.8 Å². The zero-order chi connectivity index (χ0) is 49.2. The molecule has 2 fully saturated rings. The second kappa shape index (κ2) is 20.6. The fourth-order valence-corrected chi connectivity index (χ4v) is 10.4. The Labute approximate surface area is 406 Å². The molecule has 0 bridgehead atoms. The molecule has 0 unspecified atom stereocenters. The van der Waals surface area contributed by atoms with Crippen LogP contribution in [0.3, 0.4) is 0 Å². The number of aromatic nitrogens is 6. The first-order chi connectivity index (χ1) is 32.0. The van der Waals surface area contributed by atoms with Gasteiger partial charge >= 0.3 is 6.09 Å². The molecule has 2 atom stereocenters. The number of rotatable bonds is 17. The zero-order valence-electron chi connectivity index (χ0n) is 43.1. The van der Waals surface area contributed by atoms with Crippen LogP contribution in [0.4, 0.5) is 4.79 Å². The summed E-state index contributed by atoms with van der Waals surface area (Å²) in [7, 11) is -0.994. The first kappa shape index (κ1) is 51.0. The molecule has 0 radical (unpaired) electrons. The van der Waals surface area contributed by atoms with Gasteiger partial charge in [0.05, 0.1) is 53.9 Å². The molecule has 368 valence electrons. The molecule has 2 aliphatic heterocycles. The second-order valence-corrected chi connectivity index (χ2v) is 34.5. The lowest BCUT2D eigenvalue weighted by Crippen LogP contribution is -2.37. The number of hydrogen-bond acceptors (Lipinski definition) is 10. The second-order valence-electron chi connectivity index (χ2n) is 23.2. The van der Waals surface area contributed by atoms with Crippen LogP contribution < -0.4 is 4.74 Å². The highest BCUT2D eigenvalue weighted by atomic mass is 28.3. The van der Waals surface area contributed by atoms with Crippen molar-refractivity contribution in [1.82, 2.24) is 38.9 Å². The van der Waals surface area contributed by atoms with Gasteiger partial charge in [-0.2, -0.15) is 4.98 Å². The van der Waals surface area contributed by atoms with Crippen LogP contribution in [0.5, 0.6) is 5.88 Å². The van der Waals surface area contributed by atoms with Gasteiger partial charge in [-0.25, -0.2) is 19.7 Å². The lowest BCUT2D eigenvalue weighted by Gasteiger charge is -2.29. The number of imidazole rings is 2. The van der Waals surface area contributed by atoms with E-state index in [0.29, 0.717) is 51.3 Å². The zero-order valence-corrected chi connectivity index (χ0v) is 45.1. The summed E-state index contributed by atoms with van der Waals surface area (Å²) in [4.78, 5) is 50.8. The number of fused-ring (bicyclic) bond motifs is 1. The first-order valence-electron chi connectivity index (χ1n) is 24.5. The van der Waals surface area contributed by atoms with Crippen molar-refractivity contribution < 1.29 is 28.5 Å². The standard InChI is InChI=1S/C52H76N8O6Si2/c1-51(2,3)31-45(61)57-24-14-16-41(57)47-53-32-43(59(47)34-64-26-28-67(8,9)10)36-18-20-37(21-19-36)46-55-40-23-22-38(30-39(40)49(56-46)63-7)44-33-54-48(60(44)35-65-27-29-68(11,12)13)42-17-15-25-58(42)50(62)66-52(4,5)6/h18-23,30,32-33,41-42H,14-17,24-29,31,34-35H2,1-13H3/t41-,42-/m0/s1. The molecular weight excluding hydrogens is 889 g/mol. The number of hydrogen-bond donors (Lipinski definition) is 0. The molecule has 5 aromatic rings. The van der Waals surface area contributed by atoms with Crippen LogP contribution in [-0.4, -0.2) is 106 Å². The number of amides is 2. The van der Waals surface area contributed by atoms with Crippen molar-refractivity contribution in [2.75, 3.05) is 33.4 Å². The number of benzene rings is 2. The van der Waals surface area contributed by atoms with Crippen LogP contribution in [0.15, 0.2) is 54.9 Å². The van der Waals surface area contributed by atoms with Crippen molar-refractivity contribution >= 4 is 39.1 Å². The minimum atomic E-state index is -1.33. The fourth-order valence-electron chi connectivity index (χ4n) is 8.91. The van der Waals surface area contributed by atoms with Gasteiger partial charge in [0.1, 0.15) is 30.7 Å². The van der Waals surface area contributed by atoms with Gasteiger partial charge in [0.25, 0.3) is 0 Å². The monoisotopic (exact) mass is 965 g/mol. The smallest absolute Gasteiger partial charge is 0.410 e. The maximum atomic E-state index is 13.6. The summed E-state index contributed by atoms with van der Waals surface area (Å²) < 4.78 is 28.8. The number of carbonyl (C=O) groups is 2. The average Bonchev–Trinajstić information content (AvgIpc) is 4.08. The predicted molar refractivity (Wildman–Crippen MR) is 275 cm³/mol. The Morgan fingerprint density at radius 1 is 0.691 bits per heavy atom. The van der Waals surface area contributed by atoms with E-state index in [1.165, 1.54) is 0 Å². The number of carbonyl (C=O) groups excluding carboxylic acids is 2. The topological polar surface area (TPSA) is 139 Å². The molecule has 0 spiro atoms. The molecule has 7 rings (SSSR count). The van der Waals surface area contributed by atoms with Crippen LogP contribution in [0.1, 0.15) is 97.4 Å². The van der Waals surface area contributed by atoms with E-state index in [9.17, 15) is 9.59 Å². The quantitative estimate of drug-likeness (QED) is 0.0653. The molecule has 68 heavy (non-hydrogen) atoms. The van der Waals surface area contributed by atoms with E-state index in [4.69, 9.17) is 38.9 Å².